The highest BCUT2D eigenvalue weighted by Crippen LogP contribution is 2.47. The van der Waals surface area contributed by atoms with E-state index >= 15 is 0 Å². The molecule has 0 aromatic carbocycles. The first-order valence-electron chi connectivity index (χ1n) is 4.94. The topological polar surface area (TPSA) is 0 Å². The van der Waals surface area contributed by atoms with Crippen molar-refractivity contribution < 1.29 is 0 Å². The fraction of sp³-hybridized carbons (Fsp3) is 0.833. The molecule has 0 radical (unpaired) electrons. The van der Waals surface area contributed by atoms with Crippen molar-refractivity contribution in [2.45, 2.75) is 48.0 Å². The van der Waals surface area contributed by atoms with Crippen molar-refractivity contribution in [2.75, 3.05) is 0 Å². The lowest BCUT2D eigenvalue weighted by Gasteiger charge is -2.43. The number of hydrogen-bond donors (Lipinski definition) is 0. The highest BCUT2D eigenvalue weighted by molar-refractivity contribution is 5.16. The molecule has 0 saturated heterocycles. The third-order valence-electron chi connectivity index (χ3n) is 3.38. The Kier molecular flexibility index (Phi) is 2.14. The summed E-state index contributed by atoms with van der Waals surface area (Å²) in [7, 11) is 0. The minimum Gasteiger partial charge on any atom is -0.0796 e. The first-order valence-corrected chi connectivity index (χ1v) is 4.94. The van der Waals surface area contributed by atoms with Crippen LogP contribution in [0.2, 0.25) is 0 Å². The van der Waals surface area contributed by atoms with Gasteiger partial charge in [0, 0.05) is 0 Å². The van der Waals surface area contributed by atoms with Crippen LogP contribution in [0, 0.1) is 16.7 Å². The summed E-state index contributed by atoms with van der Waals surface area (Å²) in [6.45, 7) is 14.1. The summed E-state index contributed by atoms with van der Waals surface area (Å²) in [5.74, 6) is 0.741. The van der Waals surface area contributed by atoms with Crippen molar-refractivity contribution in [1.29, 1.82) is 0 Å². The summed E-state index contributed by atoms with van der Waals surface area (Å²) >= 11 is 0. The lowest BCUT2D eigenvalue weighted by molar-refractivity contribution is 0.156. The SMILES string of the molecule is CC1=CC(C)(C)CC(C)(C)C1C. The van der Waals surface area contributed by atoms with Gasteiger partial charge in [-0.3, -0.25) is 0 Å². The van der Waals surface area contributed by atoms with E-state index in [4.69, 9.17) is 0 Å². The molecule has 0 saturated carbocycles. The highest BCUT2D eigenvalue weighted by Gasteiger charge is 2.36. The van der Waals surface area contributed by atoms with Gasteiger partial charge in [0.05, 0.1) is 0 Å². The van der Waals surface area contributed by atoms with Crippen molar-refractivity contribution >= 4 is 0 Å². The fourth-order valence-corrected chi connectivity index (χ4v) is 2.74. The van der Waals surface area contributed by atoms with Crippen LogP contribution in [0.25, 0.3) is 0 Å². The van der Waals surface area contributed by atoms with Crippen LogP contribution in [0.4, 0.5) is 0 Å². The maximum Gasteiger partial charge on any atom is -0.0167 e. The van der Waals surface area contributed by atoms with Crippen LogP contribution in [0.1, 0.15) is 48.0 Å². The van der Waals surface area contributed by atoms with Crippen molar-refractivity contribution in [2.24, 2.45) is 16.7 Å². The molecule has 0 fully saturated rings. The molecule has 1 aliphatic rings. The van der Waals surface area contributed by atoms with Crippen LogP contribution in [-0.2, 0) is 0 Å². The van der Waals surface area contributed by atoms with Gasteiger partial charge in [-0.05, 0) is 30.1 Å². The maximum absolute atomic E-state index is 2.45. The molecule has 0 bridgehead atoms. The van der Waals surface area contributed by atoms with Gasteiger partial charge in [-0.2, -0.15) is 0 Å². The minimum atomic E-state index is 0.403. The highest BCUT2D eigenvalue weighted by atomic mass is 14.4. The van der Waals surface area contributed by atoms with Crippen LogP contribution in [0.5, 0.6) is 0 Å². The Morgan fingerprint density at radius 2 is 1.75 bits per heavy atom. The molecule has 0 N–H and O–H groups in total. The fourth-order valence-electron chi connectivity index (χ4n) is 2.74. The molecule has 1 unspecified atom stereocenters. The van der Waals surface area contributed by atoms with Gasteiger partial charge in [-0.25, -0.2) is 0 Å². The van der Waals surface area contributed by atoms with Crippen LogP contribution in [0.15, 0.2) is 11.6 Å². The summed E-state index contributed by atoms with van der Waals surface area (Å²) in [6.07, 6.45) is 3.75. The van der Waals surface area contributed by atoms with Gasteiger partial charge in [0.2, 0.25) is 0 Å². The van der Waals surface area contributed by atoms with E-state index in [0.717, 1.165) is 5.92 Å². The second-order valence-electron chi connectivity index (χ2n) is 5.76. The van der Waals surface area contributed by atoms with Gasteiger partial charge < -0.3 is 0 Å². The van der Waals surface area contributed by atoms with Crippen LogP contribution in [-0.4, -0.2) is 0 Å². The molecule has 0 spiro atoms. The molecule has 0 aromatic rings. The van der Waals surface area contributed by atoms with E-state index < -0.39 is 0 Å². The van der Waals surface area contributed by atoms with Gasteiger partial charge in [-0.15, -0.1) is 0 Å². The molecule has 0 aliphatic heterocycles. The Bertz CT molecular complexity index is 206. The summed E-state index contributed by atoms with van der Waals surface area (Å²) in [5.41, 5.74) is 2.44. The largest absolute Gasteiger partial charge is 0.0796 e. The molecule has 0 heteroatoms. The summed E-state index contributed by atoms with van der Waals surface area (Å²) in [5, 5.41) is 0. The normalized spacial score (nSPS) is 32.8. The van der Waals surface area contributed by atoms with E-state index in [-0.39, 0.29) is 0 Å². The Morgan fingerprint density at radius 3 is 2.17 bits per heavy atom. The number of allylic oxidation sites excluding steroid dienone is 2. The first kappa shape index (κ1) is 9.83. The molecular formula is C12H22. The zero-order valence-electron chi connectivity index (χ0n) is 9.36. The van der Waals surface area contributed by atoms with E-state index in [1.807, 2.05) is 0 Å². The Balaban J connectivity index is 3.00. The van der Waals surface area contributed by atoms with E-state index in [1.165, 1.54) is 6.42 Å². The molecule has 1 aliphatic carbocycles. The number of rotatable bonds is 0. The van der Waals surface area contributed by atoms with Crippen molar-refractivity contribution in [3.63, 3.8) is 0 Å². The lowest BCUT2D eigenvalue weighted by Crippen LogP contribution is -2.33. The van der Waals surface area contributed by atoms with Gasteiger partial charge >= 0.3 is 0 Å². The first-order chi connectivity index (χ1) is 5.25. The Labute approximate surface area is 77.1 Å². The Morgan fingerprint density at radius 1 is 1.25 bits per heavy atom. The lowest BCUT2D eigenvalue weighted by atomic mass is 9.62. The predicted molar refractivity (Wildman–Crippen MR) is 55.1 cm³/mol. The monoisotopic (exact) mass is 166 g/mol. The van der Waals surface area contributed by atoms with Gasteiger partial charge in [-0.1, -0.05) is 46.3 Å². The standard InChI is InChI=1S/C12H22/c1-9-7-11(3,4)8-12(5,6)10(9)2/h7,10H,8H2,1-6H3. The van der Waals surface area contributed by atoms with Gasteiger partial charge in [0.1, 0.15) is 0 Å². The summed E-state index contributed by atoms with van der Waals surface area (Å²) < 4.78 is 0. The maximum atomic E-state index is 2.45. The van der Waals surface area contributed by atoms with Crippen molar-refractivity contribution in [3.8, 4) is 0 Å². The van der Waals surface area contributed by atoms with Crippen LogP contribution in [0.3, 0.4) is 0 Å². The van der Waals surface area contributed by atoms with Gasteiger partial charge in [0.15, 0.2) is 0 Å². The van der Waals surface area contributed by atoms with Crippen LogP contribution < -0.4 is 0 Å². The minimum absolute atomic E-state index is 0.403. The van der Waals surface area contributed by atoms with Crippen molar-refractivity contribution in [1.82, 2.24) is 0 Å². The average molecular weight is 166 g/mol. The third kappa shape index (κ3) is 1.73. The van der Waals surface area contributed by atoms with Crippen molar-refractivity contribution in [3.05, 3.63) is 11.6 Å². The molecule has 12 heavy (non-hydrogen) atoms. The smallest absolute Gasteiger partial charge is 0.0167 e. The van der Waals surface area contributed by atoms with Gasteiger partial charge in [0.25, 0.3) is 0 Å². The second kappa shape index (κ2) is 2.61. The van der Waals surface area contributed by atoms with E-state index in [9.17, 15) is 0 Å². The molecule has 0 amide bonds. The van der Waals surface area contributed by atoms with E-state index in [1.54, 1.807) is 5.57 Å². The molecule has 70 valence electrons. The zero-order valence-corrected chi connectivity index (χ0v) is 9.36. The molecule has 0 nitrogen and oxygen atoms in total. The zero-order chi connectivity index (χ0) is 9.57. The molecule has 1 atom stereocenters. The number of hydrogen-bond acceptors (Lipinski definition) is 0. The summed E-state index contributed by atoms with van der Waals surface area (Å²) in [6, 6.07) is 0. The summed E-state index contributed by atoms with van der Waals surface area (Å²) in [4.78, 5) is 0. The molecular weight excluding hydrogens is 144 g/mol. The predicted octanol–water partition coefficient (Wildman–Crippen LogP) is 4.02. The third-order valence-corrected chi connectivity index (χ3v) is 3.38. The molecule has 0 aromatic heterocycles. The molecule has 1 rings (SSSR count). The Hall–Kier alpha value is -0.260. The molecule has 0 heterocycles. The quantitative estimate of drug-likeness (QED) is 0.477. The van der Waals surface area contributed by atoms with Crippen LogP contribution >= 0.6 is 0 Å². The second-order valence-corrected chi connectivity index (χ2v) is 5.76. The van der Waals surface area contributed by atoms with E-state index in [0.29, 0.717) is 10.8 Å². The van der Waals surface area contributed by atoms with E-state index in [2.05, 4.69) is 47.6 Å². The average Bonchev–Trinajstić information content (AvgIpc) is 1.79.